The van der Waals surface area contributed by atoms with Crippen molar-refractivity contribution in [1.29, 1.82) is 0 Å². The van der Waals surface area contributed by atoms with E-state index in [2.05, 4.69) is 20.6 Å². The van der Waals surface area contributed by atoms with Crippen molar-refractivity contribution in [2.45, 2.75) is 6.54 Å². The second-order valence-corrected chi connectivity index (χ2v) is 4.87. The van der Waals surface area contributed by atoms with E-state index in [1.807, 2.05) is 0 Å². The van der Waals surface area contributed by atoms with Crippen molar-refractivity contribution < 1.29 is 13.9 Å². The number of hydrogen-bond acceptors (Lipinski definition) is 5. The van der Waals surface area contributed by atoms with Crippen LogP contribution in [-0.2, 0) is 6.54 Å². The summed E-state index contributed by atoms with van der Waals surface area (Å²) in [5, 5.41) is 5.49. The largest absolute Gasteiger partial charge is 0.497 e. The lowest BCUT2D eigenvalue weighted by Gasteiger charge is -2.09. The van der Waals surface area contributed by atoms with Crippen LogP contribution in [0.2, 0.25) is 0 Å². The van der Waals surface area contributed by atoms with Crippen molar-refractivity contribution in [2.75, 3.05) is 12.4 Å². The zero-order valence-corrected chi connectivity index (χ0v) is 13.0. The van der Waals surface area contributed by atoms with Gasteiger partial charge in [-0.1, -0.05) is 0 Å². The predicted molar refractivity (Wildman–Crippen MR) is 88.6 cm³/mol. The van der Waals surface area contributed by atoms with Crippen molar-refractivity contribution in [2.24, 2.45) is 0 Å². The van der Waals surface area contributed by atoms with Gasteiger partial charge in [0.1, 0.15) is 11.4 Å². The third kappa shape index (κ3) is 3.70. The van der Waals surface area contributed by atoms with E-state index in [0.29, 0.717) is 22.8 Å². The van der Waals surface area contributed by atoms with Gasteiger partial charge in [0.25, 0.3) is 0 Å². The molecule has 24 heavy (non-hydrogen) atoms. The topological polar surface area (TPSA) is 89.3 Å². The van der Waals surface area contributed by atoms with Crippen LogP contribution in [-0.4, -0.2) is 23.1 Å². The van der Waals surface area contributed by atoms with E-state index in [-0.39, 0.29) is 12.6 Å². The maximum Gasteiger partial charge on any atom is 0.319 e. The normalized spacial score (nSPS) is 10.2. The summed E-state index contributed by atoms with van der Waals surface area (Å²) in [4.78, 5) is 20.5. The Hall–Kier alpha value is -3.35. The average molecular weight is 324 g/mol. The molecule has 0 aliphatic heterocycles. The summed E-state index contributed by atoms with van der Waals surface area (Å²) in [6.07, 6.45) is 4.72. The Kier molecular flexibility index (Phi) is 4.71. The van der Waals surface area contributed by atoms with Gasteiger partial charge in [0.2, 0.25) is 0 Å². The van der Waals surface area contributed by atoms with E-state index in [4.69, 9.17) is 9.15 Å². The number of carbonyl (C=O) groups excluding carboxylic acids is 1. The molecule has 1 aromatic carbocycles. The summed E-state index contributed by atoms with van der Waals surface area (Å²) in [6.45, 7) is 0.228. The molecule has 0 saturated carbocycles. The fourth-order valence-electron chi connectivity index (χ4n) is 2.13. The first-order chi connectivity index (χ1) is 11.8. The number of carbonyl (C=O) groups is 1. The Labute approximate surface area is 138 Å². The van der Waals surface area contributed by atoms with E-state index in [9.17, 15) is 4.79 Å². The van der Waals surface area contributed by atoms with E-state index in [0.717, 1.165) is 5.75 Å². The maximum atomic E-state index is 12.0. The van der Waals surface area contributed by atoms with Crippen molar-refractivity contribution in [3.63, 3.8) is 0 Å². The van der Waals surface area contributed by atoms with Gasteiger partial charge in [-0.15, -0.1) is 0 Å². The second-order valence-electron chi connectivity index (χ2n) is 4.87. The van der Waals surface area contributed by atoms with Gasteiger partial charge < -0.3 is 19.8 Å². The fraction of sp³-hybridized carbons (Fsp3) is 0.118. The molecule has 0 bridgehead atoms. The molecule has 2 heterocycles. The van der Waals surface area contributed by atoms with E-state index in [1.165, 1.54) is 0 Å². The molecule has 2 aromatic heterocycles. The molecule has 0 atom stereocenters. The van der Waals surface area contributed by atoms with Gasteiger partial charge in [0.05, 0.1) is 25.6 Å². The number of urea groups is 1. The molecule has 0 spiro atoms. The number of aromatic nitrogens is 2. The monoisotopic (exact) mass is 324 g/mol. The Balaban J connectivity index is 1.62. The van der Waals surface area contributed by atoms with Crippen LogP contribution in [0.3, 0.4) is 0 Å². The van der Waals surface area contributed by atoms with Crippen LogP contribution in [0.4, 0.5) is 10.5 Å². The number of amides is 2. The highest BCUT2D eigenvalue weighted by Gasteiger charge is 2.11. The van der Waals surface area contributed by atoms with Crippen molar-refractivity contribution in [1.82, 2.24) is 15.3 Å². The number of rotatable bonds is 5. The number of anilines is 1. The maximum absolute atomic E-state index is 12.0. The van der Waals surface area contributed by atoms with Crippen LogP contribution in [0.25, 0.3) is 11.5 Å². The van der Waals surface area contributed by atoms with Crippen LogP contribution in [0, 0.1) is 0 Å². The summed E-state index contributed by atoms with van der Waals surface area (Å²) >= 11 is 0. The lowest BCUT2D eigenvalue weighted by Crippen LogP contribution is -2.28. The zero-order chi connectivity index (χ0) is 16.8. The zero-order valence-electron chi connectivity index (χ0n) is 13.0. The molecule has 0 aliphatic carbocycles. The molecule has 0 saturated heterocycles. The van der Waals surface area contributed by atoms with Crippen LogP contribution < -0.4 is 15.4 Å². The summed E-state index contributed by atoms with van der Waals surface area (Å²) < 4.78 is 10.4. The molecule has 0 aliphatic rings. The first-order valence-corrected chi connectivity index (χ1v) is 7.29. The summed E-state index contributed by atoms with van der Waals surface area (Å²) in [7, 11) is 1.59. The molecule has 7 nitrogen and oxygen atoms in total. The lowest BCUT2D eigenvalue weighted by molar-refractivity contribution is 0.251. The molecule has 2 N–H and O–H groups in total. The number of nitrogens with zero attached hydrogens (tertiary/aromatic N) is 2. The first-order valence-electron chi connectivity index (χ1n) is 7.29. The number of nitrogens with one attached hydrogen (secondary N) is 2. The third-order valence-corrected chi connectivity index (χ3v) is 3.29. The molecule has 3 aromatic rings. The van der Waals surface area contributed by atoms with Gasteiger partial charge in [-0.2, -0.15) is 0 Å². The van der Waals surface area contributed by atoms with Gasteiger partial charge in [-0.05, 0) is 36.4 Å². The van der Waals surface area contributed by atoms with Crippen LogP contribution >= 0.6 is 0 Å². The van der Waals surface area contributed by atoms with Crippen LogP contribution in [0.5, 0.6) is 5.75 Å². The molecule has 3 rings (SSSR count). The average Bonchev–Trinajstić information content (AvgIpc) is 3.15. The third-order valence-electron chi connectivity index (χ3n) is 3.29. The standard InChI is InChI=1S/C17H16N4O3/c1-23-13-6-4-12(5-7-13)21-17(22)20-11-14-16(19-9-8-18-14)15-3-2-10-24-15/h2-10H,11H2,1H3,(H2,20,21,22). The Morgan fingerprint density at radius 2 is 1.96 bits per heavy atom. The highest BCUT2D eigenvalue weighted by molar-refractivity contribution is 5.89. The number of furan rings is 1. The highest BCUT2D eigenvalue weighted by Crippen LogP contribution is 2.20. The molecular formula is C17H16N4O3. The number of ether oxygens (including phenoxy) is 1. The second kappa shape index (κ2) is 7.28. The number of hydrogen-bond donors (Lipinski definition) is 2. The molecule has 0 unspecified atom stereocenters. The fourth-order valence-corrected chi connectivity index (χ4v) is 2.13. The van der Waals surface area contributed by atoms with Crippen LogP contribution in [0.15, 0.2) is 59.5 Å². The SMILES string of the molecule is COc1ccc(NC(=O)NCc2nccnc2-c2ccco2)cc1. The van der Waals surface area contributed by atoms with Gasteiger partial charge in [-0.3, -0.25) is 4.98 Å². The van der Waals surface area contributed by atoms with E-state index >= 15 is 0 Å². The minimum atomic E-state index is -0.337. The molecule has 0 radical (unpaired) electrons. The summed E-state index contributed by atoms with van der Waals surface area (Å²) in [5.41, 5.74) is 1.89. The quantitative estimate of drug-likeness (QED) is 0.753. The Morgan fingerprint density at radius 3 is 2.67 bits per heavy atom. The van der Waals surface area contributed by atoms with Crippen molar-refractivity contribution >= 4 is 11.7 Å². The number of methoxy groups -OCH3 is 1. The molecule has 2 amide bonds. The van der Waals surface area contributed by atoms with E-state index in [1.54, 1.807) is 62.2 Å². The Morgan fingerprint density at radius 1 is 1.17 bits per heavy atom. The van der Waals surface area contributed by atoms with Gasteiger partial charge >= 0.3 is 6.03 Å². The molecule has 7 heteroatoms. The minimum absolute atomic E-state index is 0.228. The van der Waals surface area contributed by atoms with Crippen LogP contribution in [0.1, 0.15) is 5.69 Å². The predicted octanol–water partition coefficient (Wildman–Crippen LogP) is 3.07. The van der Waals surface area contributed by atoms with E-state index < -0.39 is 0 Å². The van der Waals surface area contributed by atoms with Gasteiger partial charge in [0, 0.05) is 18.1 Å². The molecular weight excluding hydrogens is 308 g/mol. The minimum Gasteiger partial charge on any atom is -0.497 e. The summed E-state index contributed by atoms with van der Waals surface area (Å²) in [6, 6.07) is 10.3. The molecule has 0 fully saturated rings. The highest BCUT2D eigenvalue weighted by atomic mass is 16.5. The van der Waals surface area contributed by atoms with Crippen molar-refractivity contribution in [3.8, 4) is 17.2 Å². The molecule has 122 valence electrons. The Bertz CT molecular complexity index is 801. The van der Waals surface area contributed by atoms with Gasteiger partial charge in [0.15, 0.2) is 5.76 Å². The lowest BCUT2D eigenvalue weighted by atomic mass is 10.2. The number of benzene rings is 1. The smallest absolute Gasteiger partial charge is 0.319 e. The first kappa shape index (κ1) is 15.5. The van der Waals surface area contributed by atoms with Gasteiger partial charge in [-0.25, -0.2) is 9.78 Å². The van der Waals surface area contributed by atoms with Crippen molar-refractivity contribution in [3.05, 3.63) is 60.7 Å². The summed E-state index contributed by atoms with van der Waals surface area (Å²) in [5.74, 6) is 1.33.